The fraction of sp³-hybridized carbons (Fsp3) is 0.0769. The first kappa shape index (κ1) is 11.9. The van der Waals surface area contributed by atoms with E-state index >= 15 is 0 Å². The van der Waals surface area contributed by atoms with Crippen LogP contribution >= 0.6 is 15.9 Å². The molecule has 17 heavy (non-hydrogen) atoms. The van der Waals surface area contributed by atoms with Crippen LogP contribution in [0.5, 0.6) is 0 Å². The van der Waals surface area contributed by atoms with Gasteiger partial charge in [0.25, 0.3) is 0 Å². The van der Waals surface area contributed by atoms with E-state index in [2.05, 4.69) is 21.2 Å². The second kappa shape index (κ2) is 4.75. The first-order valence-corrected chi connectivity index (χ1v) is 5.94. The molecule has 3 N–H and O–H groups in total. The lowest BCUT2D eigenvalue weighted by atomic mass is 10.1. The Morgan fingerprint density at radius 1 is 1.12 bits per heavy atom. The molecule has 0 saturated carbocycles. The summed E-state index contributed by atoms with van der Waals surface area (Å²) in [4.78, 5) is 0. The Balaban J connectivity index is 2.34. The lowest BCUT2D eigenvalue weighted by Crippen LogP contribution is -1.97. The average Bonchev–Trinajstić information content (AvgIpc) is 2.27. The second-order valence-electron chi connectivity index (χ2n) is 3.82. The molecule has 0 spiro atoms. The van der Waals surface area contributed by atoms with Crippen LogP contribution in [0.3, 0.4) is 0 Å². The lowest BCUT2D eigenvalue weighted by Gasteiger charge is -2.11. The van der Waals surface area contributed by atoms with Crippen LogP contribution < -0.4 is 11.1 Å². The smallest absolute Gasteiger partial charge is 0.146 e. The van der Waals surface area contributed by atoms with Gasteiger partial charge >= 0.3 is 0 Å². The molecule has 0 aliphatic heterocycles. The number of nitrogen functional groups attached to an aromatic ring is 1. The van der Waals surface area contributed by atoms with Crippen LogP contribution in [0, 0.1) is 12.7 Å². The van der Waals surface area contributed by atoms with Crippen LogP contribution in [0.15, 0.2) is 40.9 Å². The molecule has 0 aliphatic carbocycles. The molecule has 0 amide bonds. The molecule has 0 saturated heterocycles. The zero-order chi connectivity index (χ0) is 12.4. The summed E-state index contributed by atoms with van der Waals surface area (Å²) in [7, 11) is 0. The van der Waals surface area contributed by atoms with Gasteiger partial charge in [-0.1, -0.05) is 15.9 Å². The van der Waals surface area contributed by atoms with Gasteiger partial charge in [-0.2, -0.15) is 0 Å². The molecule has 2 aromatic rings. The minimum Gasteiger partial charge on any atom is -0.399 e. The topological polar surface area (TPSA) is 38.0 Å². The van der Waals surface area contributed by atoms with Crippen molar-refractivity contribution in [3.63, 3.8) is 0 Å². The predicted octanol–water partition coefficient (Wildman–Crippen LogP) is 4.22. The zero-order valence-electron chi connectivity index (χ0n) is 9.30. The molecule has 0 radical (unpaired) electrons. The summed E-state index contributed by atoms with van der Waals surface area (Å²) in [5.41, 5.74) is 8.62. The van der Waals surface area contributed by atoms with E-state index in [1.807, 2.05) is 19.1 Å². The normalized spacial score (nSPS) is 10.3. The van der Waals surface area contributed by atoms with Crippen LogP contribution in [0.1, 0.15) is 5.56 Å². The van der Waals surface area contributed by atoms with E-state index in [1.165, 1.54) is 6.07 Å². The van der Waals surface area contributed by atoms with E-state index in [4.69, 9.17) is 5.73 Å². The maximum Gasteiger partial charge on any atom is 0.146 e. The molecule has 2 rings (SSSR count). The number of rotatable bonds is 2. The molecular formula is C13H12BrFN2. The number of nitrogens with two attached hydrogens (primary N) is 1. The molecule has 0 aliphatic rings. The third kappa shape index (κ3) is 2.77. The summed E-state index contributed by atoms with van der Waals surface area (Å²) >= 11 is 3.31. The molecule has 2 nitrogen and oxygen atoms in total. The van der Waals surface area contributed by atoms with Gasteiger partial charge in [0, 0.05) is 15.8 Å². The fourth-order valence-corrected chi connectivity index (χ4v) is 1.93. The van der Waals surface area contributed by atoms with E-state index in [1.54, 1.807) is 18.2 Å². The van der Waals surface area contributed by atoms with Gasteiger partial charge in [-0.05, 0) is 48.9 Å². The van der Waals surface area contributed by atoms with E-state index in [0.29, 0.717) is 11.4 Å². The summed E-state index contributed by atoms with van der Waals surface area (Å²) in [6, 6.07) is 10.2. The van der Waals surface area contributed by atoms with E-state index in [-0.39, 0.29) is 5.82 Å². The molecule has 0 fully saturated rings. The summed E-state index contributed by atoms with van der Waals surface area (Å²) in [5.74, 6) is -0.288. The highest BCUT2D eigenvalue weighted by molar-refractivity contribution is 9.10. The van der Waals surface area contributed by atoms with Crippen molar-refractivity contribution in [2.75, 3.05) is 11.1 Å². The Labute approximate surface area is 108 Å². The number of benzene rings is 2. The van der Waals surface area contributed by atoms with Crippen molar-refractivity contribution in [1.82, 2.24) is 0 Å². The quantitative estimate of drug-likeness (QED) is 0.814. The molecular weight excluding hydrogens is 283 g/mol. The Bertz CT molecular complexity index is 555. The Morgan fingerprint density at radius 2 is 1.88 bits per heavy atom. The molecule has 0 aromatic heterocycles. The van der Waals surface area contributed by atoms with Gasteiger partial charge in [0.05, 0.1) is 5.69 Å². The van der Waals surface area contributed by atoms with Gasteiger partial charge in [-0.15, -0.1) is 0 Å². The Hall–Kier alpha value is -1.55. The van der Waals surface area contributed by atoms with Crippen molar-refractivity contribution in [1.29, 1.82) is 0 Å². The number of hydrogen-bond donors (Lipinski definition) is 2. The number of anilines is 3. The summed E-state index contributed by atoms with van der Waals surface area (Å²) in [6.07, 6.45) is 0. The molecule has 0 unspecified atom stereocenters. The van der Waals surface area contributed by atoms with Crippen LogP contribution in [-0.2, 0) is 0 Å². The number of nitrogens with one attached hydrogen (secondary N) is 1. The zero-order valence-corrected chi connectivity index (χ0v) is 10.9. The molecule has 2 aromatic carbocycles. The largest absolute Gasteiger partial charge is 0.399 e. The molecule has 88 valence electrons. The van der Waals surface area contributed by atoms with Gasteiger partial charge < -0.3 is 11.1 Å². The third-order valence-corrected chi connectivity index (χ3v) is 2.94. The highest BCUT2D eigenvalue weighted by Crippen LogP contribution is 2.26. The molecule has 0 atom stereocenters. The third-order valence-electron chi connectivity index (χ3n) is 2.45. The van der Waals surface area contributed by atoms with Crippen LogP contribution in [0.25, 0.3) is 0 Å². The maximum absolute atomic E-state index is 13.6. The van der Waals surface area contributed by atoms with Crippen molar-refractivity contribution in [3.05, 3.63) is 52.3 Å². The van der Waals surface area contributed by atoms with Gasteiger partial charge in [-0.25, -0.2) is 4.39 Å². The van der Waals surface area contributed by atoms with Crippen LogP contribution in [0.2, 0.25) is 0 Å². The highest BCUT2D eigenvalue weighted by Gasteiger charge is 2.05. The van der Waals surface area contributed by atoms with Crippen molar-refractivity contribution in [2.24, 2.45) is 0 Å². The molecule has 0 heterocycles. The molecule has 4 heteroatoms. The maximum atomic E-state index is 13.6. The standard InChI is InChI=1S/C13H12BrFN2/c1-8-6-10(16)3-5-12(8)17-13-7-9(14)2-4-11(13)15/h2-7,17H,16H2,1H3. The van der Waals surface area contributed by atoms with Crippen molar-refractivity contribution < 1.29 is 4.39 Å². The fourth-order valence-electron chi connectivity index (χ4n) is 1.57. The van der Waals surface area contributed by atoms with Gasteiger partial charge in [0.15, 0.2) is 0 Å². The van der Waals surface area contributed by atoms with E-state index < -0.39 is 0 Å². The van der Waals surface area contributed by atoms with Crippen molar-refractivity contribution >= 4 is 33.0 Å². The highest BCUT2D eigenvalue weighted by atomic mass is 79.9. The average molecular weight is 295 g/mol. The summed E-state index contributed by atoms with van der Waals surface area (Å²) in [5, 5.41) is 3.05. The minimum atomic E-state index is -0.288. The number of halogens is 2. The second-order valence-corrected chi connectivity index (χ2v) is 4.74. The SMILES string of the molecule is Cc1cc(N)ccc1Nc1cc(Br)ccc1F. The van der Waals surface area contributed by atoms with Gasteiger partial charge in [-0.3, -0.25) is 0 Å². The first-order valence-electron chi connectivity index (χ1n) is 5.14. The minimum absolute atomic E-state index is 0.288. The van der Waals surface area contributed by atoms with Crippen molar-refractivity contribution in [3.8, 4) is 0 Å². The lowest BCUT2D eigenvalue weighted by molar-refractivity contribution is 0.631. The Morgan fingerprint density at radius 3 is 2.59 bits per heavy atom. The number of hydrogen-bond acceptors (Lipinski definition) is 2. The predicted molar refractivity (Wildman–Crippen MR) is 73.0 cm³/mol. The van der Waals surface area contributed by atoms with E-state index in [9.17, 15) is 4.39 Å². The summed E-state index contributed by atoms with van der Waals surface area (Å²) in [6.45, 7) is 1.93. The summed E-state index contributed by atoms with van der Waals surface area (Å²) < 4.78 is 14.4. The van der Waals surface area contributed by atoms with Crippen LogP contribution in [0.4, 0.5) is 21.5 Å². The molecule has 0 bridgehead atoms. The van der Waals surface area contributed by atoms with Gasteiger partial charge in [0.2, 0.25) is 0 Å². The Kier molecular flexibility index (Phi) is 3.33. The van der Waals surface area contributed by atoms with Crippen molar-refractivity contribution in [2.45, 2.75) is 6.92 Å². The van der Waals surface area contributed by atoms with Crippen LogP contribution in [-0.4, -0.2) is 0 Å². The first-order chi connectivity index (χ1) is 8.06. The monoisotopic (exact) mass is 294 g/mol. The number of aryl methyl sites for hydroxylation is 1. The van der Waals surface area contributed by atoms with E-state index in [0.717, 1.165) is 15.7 Å². The van der Waals surface area contributed by atoms with Gasteiger partial charge in [0.1, 0.15) is 5.82 Å².